The summed E-state index contributed by atoms with van der Waals surface area (Å²) in [6.45, 7) is 6.57. The SMILES string of the molecule is CCCCCc1ccc(CCC(=O)c2ccc(CCC(C)CC(=O)OCC)s2)cc1. The summed E-state index contributed by atoms with van der Waals surface area (Å²) in [6, 6.07) is 12.8. The quantitative estimate of drug-likeness (QED) is 0.188. The average Bonchev–Trinajstić information content (AvgIpc) is 3.21. The minimum absolute atomic E-state index is 0.124. The van der Waals surface area contributed by atoms with Gasteiger partial charge in [0.05, 0.1) is 11.5 Å². The molecular weight excluding hydrogens is 392 g/mol. The molecule has 0 saturated carbocycles. The highest BCUT2D eigenvalue weighted by Crippen LogP contribution is 2.23. The first-order valence-corrected chi connectivity index (χ1v) is 12.2. The lowest BCUT2D eigenvalue weighted by Crippen LogP contribution is -2.09. The van der Waals surface area contributed by atoms with Crippen LogP contribution in [0.4, 0.5) is 0 Å². The Bertz CT molecular complexity index is 776. The van der Waals surface area contributed by atoms with E-state index in [0.29, 0.717) is 19.4 Å². The van der Waals surface area contributed by atoms with Crippen molar-refractivity contribution in [2.75, 3.05) is 6.61 Å². The molecule has 0 aliphatic rings. The highest BCUT2D eigenvalue weighted by molar-refractivity contribution is 7.14. The first-order chi connectivity index (χ1) is 14.5. The molecule has 0 radical (unpaired) electrons. The average molecular weight is 429 g/mol. The van der Waals surface area contributed by atoms with Crippen LogP contribution in [0.3, 0.4) is 0 Å². The number of hydrogen-bond acceptors (Lipinski definition) is 4. The van der Waals surface area contributed by atoms with E-state index in [0.717, 1.165) is 30.6 Å². The first kappa shape index (κ1) is 24.3. The number of hydrogen-bond donors (Lipinski definition) is 0. The third-order valence-corrected chi connectivity index (χ3v) is 6.56. The fraction of sp³-hybridized carbons (Fsp3) is 0.538. The molecule has 3 nitrogen and oxygen atoms in total. The van der Waals surface area contributed by atoms with Gasteiger partial charge < -0.3 is 4.74 Å². The lowest BCUT2D eigenvalue weighted by molar-refractivity contribution is -0.144. The Balaban J connectivity index is 1.74. The lowest BCUT2D eigenvalue weighted by atomic mass is 10.0. The number of Topliss-reactive ketones (excluding diaryl/α,β-unsaturated/α-hetero) is 1. The van der Waals surface area contributed by atoms with Gasteiger partial charge in [0.2, 0.25) is 0 Å². The Kier molecular flexibility index (Phi) is 10.9. The molecule has 0 spiro atoms. The maximum absolute atomic E-state index is 12.6. The predicted octanol–water partition coefficient (Wildman–Crippen LogP) is 6.82. The molecule has 0 amide bonds. The summed E-state index contributed by atoms with van der Waals surface area (Å²) in [7, 11) is 0. The zero-order valence-corrected chi connectivity index (χ0v) is 19.6. The van der Waals surface area contributed by atoms with E-state index in [9.17, 15) is 9.59 Å². The second kappa shape index (κ2) is 13.4. The summed E-state index contributed by atoms with van der Waals surface area (Å²) in [4.78, 5) is 26.2. The molecule has 1 aromatic heterocycles. The topological polar surface area (TPSA) is 43.4 Å². The smallest absolute Gasteiger partial charge is 0.306 e. The number of ketones is 1. The lowest BCUT2D eigenvalue weighted by Gasteiger charge is -2.09. The minimum atomic E-state index is -0.124. The number of aryl methyl sites for hydroxylation is 3. The van der Waals surface area contributed by atoms with Gasteiger partial charge in [0.1, 0.15) is 0 Å². The molecule has 30 heavy (non-hydrogen) atoms. The number of carbonyl (C=O) groups is 2. The fourth-order valence-electron chi connectivity index (χ4n) is 3.49. The fourth-order valence-corrected chi connectivity index (χ4v) is 4.48. The molecule has 2 aromatic rings. The van der Waals surface area contributed by atoms with Crippen molar-refractivity contribution < 1.29 is 14.3 Å². The van der Waals surface area contributed by atoms with E-state index in [2.05, 4.69) is 44.2 Å². The van der Waals surface area contributed by atoms with E-state index in [1.807, 2.05) is 13.0 Å². The molecule has 0 aliphatic carbocycles. The van der Waals surface area contributed by atoms with Crippen molar-refractivity contribution in [3.8, 4) is 0 Å². The van der Waals surface area contributed by atoms with Crippen LogP contribution < -0.4 is 0 Å². The zero-order valence-electron chi connectivity index (χ0n) is 18.7. The van der Waals surface area contributed by atoms with Gasteiger partial charge in [-0.15, -0.1) is 11.3 Å². The zero-order chi connectivity index (χ0) is 21.8. The van der Waals surface area contributed by atoms with Crippen molar-refractivity contribution in [2.24, 2.45) is 5.92 Å². The van der Waals surface area contributed by atoms with Gasteiger partial charge in [-0.3, -0.25) is 9.59 Å². The molecule has 0 bridgehead atoms. The molecule has 4 heteroatoms. The monoisotopic (exact) mass is 428 g/mol. The van der Waals surface area contributed by atoms with E-state index in [4.69, 9.17) is 4.74 Å². The molecule has 1 unspecified atom stereocenters. The maximum Gasteiger partial charge on any atom is 0.306 e. The number of benzene rings is 1. The van der Waals surface area contributed by atoms with E-state index < -0.39 is 0 Å². The van der Waals surface area contributed by atoms with Crippen molar-refractivity contribution in [2.45, 2.75) is 78.6 Å². The Hall–Kier alpha value is -1.94. The van der Waals surface area contributed by atoms with Gasteiger partial charge in [0, 0.05) is 17.7 Å². The van der Waals surface area contributed by atoms with Crippen LogP contribution in [0.2, 0.25) is 0 Å². The predicted molar refractivity (Wildman–Crippen MR) is 125 cm³/mol. The van der Waals surface area contributed by atoms with Crippen LogP contribution in [-0.4, -0.2) is 18.4 Å². The van der Waals surface area contributed by atoms with Gasteiger partial charge in [-0.1, -0.05) is 51.0 Å². The van der Waals surface area contributed by atoms with Gasteiger partial charge in [0.25, 0.3) is 0 Å². The van der Waals surface area contributed by atoms with Crippen molar-refractivity contribution in [1.29, 1.82) is 0 Å². The molecular formula is C26H36O3S. The summed E-state index contributed by atoms with van der Waals surface area (Å²) in [5.74, 6) is 0.383. The first-order valence-electron chi connectivity index (χ1n) is 11.4. The van der Waals surface area contributed by atoms with Crippen LogP contribution in [0, 0.1) is 5.92 Å². The Labute approximate surface area is 185 Å². The highest BCUT2D eigenvalue weighted by Gasteiger charge is 2.13. The van der Waals surface area contributed by atoms with Crippen LogP contribution >= 0.6 is 11.3 Å². The van der Waals surface area contributed by atoms with E-state index >= 15 is 0 Å². The van der Waals surface area contributed by atoms with Crippen molar-refractivity contribution in [1.82, 2.24) is 0 Å². The molecule has 0 N–H and O–H groups in total. The molecule has 164 valence electrons. The summed E-state index contributed by atoms with van der Waals surface area (Å²) in [5.41, 5.74) is 2.62. The van der Waals surface area contributed by atoms with Gasteiger partial charge in [-0.2, -0.15) is 0 Å². The third kappa shape index (κ3) is 8.83. The summed E-state index contributed by atoms with van der Waals surface area (Å²) < 4.78 is 5.01. The molecule has 0 aliphatic heterocycles. The summed E-state index contributed by atoms with van der Waals surface area (Å²) in [6.07, 6.45) is 8.55. The van der Waals surface area contributed by atoms with Crippen LogP contribution in [0.15, 0.2) is 36.4 Å². The second-order valence-electron chi connectivity index (χ2n) is 8.12. The van der Waals surface area contributed by atoms with Gasteiger partial charge in [0.15, 0.2) is 5.78 Å². The van der Waals surface area contributed by atoms with E-state index in [1.54, 1.807) is 11.3 Å². The van der Waals surface area contributed by atoms with Gasteiger partial charge in [-0.05, 0) is 68.2 Å². The third-order valence-electron chi connectivity index (χ3n) is 5.37. The van der Waals surface area contributed by atoms with Gasteiger partial charge >= 0.3 is 5.97 Å². The van der Waals surface area contributed by atoms with E-state index in [-0.39, 0.29) is 17.7 Å². The van der Waals surface area contributed by atoms with Crippen molar-refractivity contribution in [3.05, 3.63) is 57.3 Å². The standard InChI is InChI=1S/C26H36O3S/c1-4-6-7-8-21-10-12-22(13-11-21)14-17-24(27)25-18-16-23(30-25)15-9-20(3)19-26(28)29-5-2/h10-13,16,18,20H,4-9,14-15,17,19H2,1-3H3. The maximum atomic E-state index is 12.6. The Morgan fingerprint density at radius 3 is 2.30 bits per heavy atom. The van der Waals surface area contributed by atoms with E-state index in [1.165, 1.54) is 35.3 Å². The highest BCUT2D eigenvalue weighted by atomic mass is 32.1. The van der Waals surface area contributed by atoms with Gasteiger partial charge in [-0.25, -0.2) is 0 Å². The molecule has 1 atom stereocenters. The normalized spacial score (nSPS) is 12.0. The summed E-state index contributed by atoms with van der Waals surface area (Å²) >= 11 is 1.60. The molecule has 1 heterocycles. The Morgan fingerprint density at radius 1 is 0.933 bits per heavy atom. The molecule has 0 saturated heterocycles. The van der Waals surface area contributed by atoms with Crippen molar-refractivity contribution >= 4 is 23.1 Å². The van der Waals surface area contributed by atoms with Crippen LogP contribution in [0.1, 0.15) is 85.0 Å². The van der Waals surface area contributed by atoms with Crippen molar-refractivity contribution in [3.63, 3.8) is 0 Å². The molecule has 0 fully saturated rings. The number of thiophene rings is 1. The number of esters is 1. The van der Waals surface area contributed by atoms with Crippen LogP contribution in [0.5, 0.6) is 0 Å². The Morgan fingerprint density at radius 2 is 1.63 bits per heavy atom. The number of carbonyl (C=O) groups excluding carboxylic acids is 2. The summed E-state index contributed by atoms with van der Waals surface area (Å²) in [5, 5.41) is 0. The molecule has 2 rings (SSSR count). The number of ether oxygens (including phenoxy) is 1. The number of unbranched alkanes of at least 4 members (excludes halogenated alkanes) is 2. The van der Waals surface area contributed by atoms with Crippen LogP contribution in [0.25, 0.3) is 0 Å². The molecule has 1 aromatic carbocycles. The largest absolute Gasteiger partial charge is 0.466 e. The minimum Gasteiger partial charge on any atom is -0.466 e. The number of rotatable bonds is 14. The van der Waals surface area contributed by atoms with Crippen LogP contribution in [-0.2, 0) is 28.8 Å². The second-order valence-corrected chi connectivity index (χ2v) is 9.28.